The Labute approximate surface area is 96.3 Å². The minimum Gasteiger partial charge on any atom is -0.306 e. The van der Waals surface area contributed by atoms with Crippen LogP contribution < -0.4 is 11.3 Å². The maximum Gasteiger partial charge on any atom is 0.189 e. The number of aromatic nitrogens is 5. The van der Waals surface area contributed by atoms with Gasteiger partial charge in [-0.15, -0.1) is 5.10 Å². The van der Waals surface area contributed by atoms with Crippen LogP contribution in [0.1, 0.15) is 0 Å². The van der Waals surface area contributed by atoms with Gasteiger partial charge < -0.3 is 5.43 Å². The van der Waals surface area contributed by atoms with Gasteiger partial charge in [-0.05, 0) is 12.1 Å². The lowest BCUT2D eigenvalue weighted by Gasteiger charge is -2.01. The molecule has 0 fully saturated rings. The quantitative estimate of drug-likeness (QED) is 0.489. The predicted molar refractivity (Wildman–Crippen MR) is 62.3 cm³/mol. The number of nitrogens with zero attached hydrogens (tertiary/aromatic N) is 5. The molecule has 3 aromatic rings. The molecule has 3 N–H and O–H groups in total. The molecule has 0 aliphatic rings. The van der Waals surface area contributed by atoms with Crippen molar-refractivity contribution in [3.05, 3.63) is 36.7 Å². The zero-order chi connectivity index (χ0) is 11.7. The van der Waals surface area contributed by atoms with E-state index >= 15 is 0 Å². The number of hydrogen-bond acceptors (Lipinski definition) is 6. The van der Waals surface area contributed by atoms with Gasteiger partial charge in [0.05, 0.1) is 5.69 Å². The maximum absolute atomic E-state index is 5.35. The van der Waals surface area contributed by atoms with Crippen LogP contribution in [0.15, 0.2) is 36.7 Å². The Kier molecular flexibility index (Phi) is 2.16. The molecule has 0 bridgehead atoms. The van der Waals surface area contributed by atoms with Crippen LogP contribution in [0.4, 0.5) is 5.82 Å². The normalized spacial score (nSPS) is 10.6. The van der Waals surface area contributed by atoms with Gasteiger partial charge in [-0.25, -0.2) is 15.8 Å². The first-order valence-electron chi connectivity index (χ1n) is 4.98. The summed E-state index contributed by atoms with van der Waals surface area (Å²) in [6.45, 7) is 0. The maximum atomic E-state index is 5.35. The number of fused-ring (bicyclic) bond motifs is 1. The molecule has 0 saturated carbocycles. The molecule has 0 aliphatic carbocycles. The third kappa shape index (κ3) is 1.49. The van der Waals surface area contributed by atoms with Gasteiger partial charge in [0.25, 0.3) is 0 Å². The highest BCUT2D eigenvalue weighted by Gasteiger charge is 2.11. The van der Waals surface area contributed by atoms with E-state index in [0.29, 0.717) is 17.0 Å². The molecule has 0 aliphatic heterocycles. The first kappa shape index (κ1) is 9.67. The molecular weight excluding hydrogens is 218 g/mol. The van der Waals surface area contributed by atoms with Gasteiger partial charge in [-0.2, -0.15) is 4.68 Å². The van der Waals surface area contributed by atoms with Crippen LogP contribution in [-0.4, -0.2) is 25.0 Å². The van der Waals surface area contributed by atoms with Crippen molar-refractivity contribution in [3.8, 4) is 5.69 Å². The summed E-state index contributed by atoms with van der Waals surface area (Å²) in [5, 5.41) is 8.05. The van der Waals surface area contributed by atoms with Crippen molar-refractivity contribution in [2.45, 2.75) is 0 Å². The van der Waals surface area contributed by atoms with E-state index in [2.05, 4.69) is 25.7 Å². The second-order valence-electron chi connectivity index (χ2n) is 3.38. The average molecular weight is 227 g/mol. The molecule has 84 valence electrons. The summed E-state index contributed by atoms with van der Waals surface area (Å²) < 4.78 is 1.64. The fourth-order valence-electron chi connectivity index (χ4n) is 1.60. The topological polar surface area (TPSA) is 94.5 Å². The number of hydrogen-bond donors (Lipinski definition) is 2. The molecule has 0 radical (unpaired) electrons. The standard InChI is InChI=1S/C10H9N7/c11-14-9-8-10(13-6-12-9)17(16-15-8)7-4-2-1-3-5-7/h1-6H,11H2,(H,12,13,14). The third-order valence-corrected chi connectivity index (χ3v) is 2.38. The zero-order valence-electron chi connectivity index (χ0n) is 8.78. The number of nitrogens with two attached hydrogens (primary N) is 1. The highest BCUT2D eigenvalue weighted by atomic mass is 15.5. The minimum atomic E-state index is 0.456. The summed E-state index contributed by atoms with van der Waals surface area (Å²) in [5.74, 6) is 5.80. The number of rotatable bonds is 2. The molecule has 2 heterocycles. The van der Waals surface area contributed by atoms with E-state index in [1.807, 2.05) is 30.3 Å². The summed E-state index contributed by atoms with van der Waals surface area (Å²) in [5.41, 5.74) is 4.50. The molecule has 1 aromatic carbocycles. The molecule has 0 amide bonds. The van der Waals surface area contributed by atoms with Gasteiger partial charge in [0, 0.05) is 0 Å². The number of nitrogens with one attached hydrogen (secondary N) is 1. The highest BCUT2D eigenvalue weighted by molar-refractivity contribution is 5.82. The van der Waals surface area contributed by atoms with Crippen molar-refractivity contribution in [2.75, 3.05) is 5.43 Å². The lowest BCUT2D eigenvalue weighted by Crippen LogP contribution is -2.09. The molecule has 0 atom stereocenters. The highest BCUT2D eigenvalue weighted by Crippen LogP contribution is 2.17. The van der Waals surface area contributed by atoms with Gasteiger partial charge >= 0.3 is 0 Å². The number of hydrazine groups is 1. The third-order valence-electron chi connectivity index (χ3n) is 2.38. The molecule has 7 nitrogen and oxygen atoms in total. The van der Waals surface area contributed by atoms with Crippen LogP contribution in [0.2, 0.25) is 0 Å². The molecule has 0 unspecified atom stereocenters. The monoisotopic (exact) mass is 227 g/mol. The van der Waals surface area contributed by atoms with Crippen molar-refractivity contribution < 1.29 is 0 Å². The van der Waals surface area contributed by atoms with Crippen molar-refractivity contribution in [3.63, 3.8) is 0 Å². The van der Waals surface area contributed by atoms with Gasteiger partial charge in [-0.3, -0.25) is 0 Å². The Morgan fingerprint density at radius 1 is 1.12 bits per heavy atom. The Morgan fingerprint density at radius 2 is 1.94 bits per heavy atom. The molecular formula is C10H9N7. The van der Waals surface area contributed by atoms with Crippen LogP contribution in [-0.2, 0) is 0 Å². The fourth-order valence-corrected chi connectivity index (χ4v) is 1.60. The van der Waals surface area contributed by atoms with E-state index in [-0.39, 0.29) is 0 Å². The van der Waals surface area contributed by atoms with Crippen molar-refractivity contribution >= 4 is 17.0 Å². The largest absolute Gasteiger partial charge is 0.306 e. The smallest absolute Gasteiger partial charge is 0.189 e. The molecule has 17 heavy (non-hydrogen) atoms. The van der Waals surface area contributed by atoms with Crippen molar-refractivity contribution in [2.24, 2.45) is 5.84 Å². The Bertz CT molecular complexity index is 646. The van der Waals surface area contributed by atoms with Crippen LogP contribution in [0, 0.1) is 0 Å². The summed E-state index contributed by atoms with van der Waals surface area (Å²) in [6, 6.07) is 9.63. The second kappa shape index (κ2) is 3.80. The number of anilines is 1. The summed E-state index contributed by atoms with van der Waals surface area (Å²) in [4.78, 5) is 8.13. The second-order valence-corrected chi connectivity index (χ2v) is 3.38. The first-order valence-corrected chi connectivity index (χ1v) is 4.98. The predicted octanol–water partition coefficient (Wildman–Crippen LogP) is 0.496. The van der Waals surface area contributed by atoms with Crippen LogP contribution in [0.25, 0.3) is 16.9 Å². The molecule has 3 rings (SSSR count). The molecule has 0 spiro atoms. The van der Waals surface area contributed by atoms with E-state index in [9.17, 15) is 0 Å². The van der Waals surface area contributed by atoms with Crippen molar-refractivity contribution in [1.82, 2.24) is 25.0 Å². The van der Waals surface area contributed by atoms with Gasteiger partial charge in [0.15, 0.2) is 17.0 Å². The van der Waals surface area contributed by atoms with Crippen LogP contribution >= 0.6 is 0 Å². The van der Waals surface area contributed by atoms with E-state index in [1.54, 1.807) is 4.68 Å². The Morgan fingerprint density at radius 3 is 2.71 bits per heavy atom. The lowest BCUT2D eigenvalue weighted by atomic mass is 10.3. The number of benzene rings is 1. The first-order chi connectivity index (χ1) is 8.40. The van der Waals surface area contributed by atoms with Gasteiger partial charge in [0.2, 0.25) is 0 Å². The van der Waals surface area contributed by atoms with E-state index in [0.717, 1.165) is 5.69 Å². The summed E-state index contributed by atoms with van der Waals surface area (Å²) in [7, 11) is 0. The zero-order valence-corrected chi connectivity index (χ0v) is 8.78. The minimum absolute atomic E-state index is 0.456. The summed E-state index contributed by atoms with van der Waals surface area (Å²) in [6.07, 6.45) is 1.42. The fraction of sp³-hybridized carbons (Fsp3) is 0. The van der Waals surface area contributed by atoms with E-state index in [4.69, 9.17) is 5.84 Å². The van der Waals surface area contributed by atoms with Gasteiger partial charge in [-0.1, -0.05) is 23.4 Å². The summed E-state index contributed by atoms with van der Waals surface area (Å²) >= 11 is 0. The molecule has 7 heteroatoms. The number of nitrogen functional groups attached to an aromatic ring is 1. The molecule has 0 saturated heterocycles. The van der Waals surface area contributed by atoms with Crippen molar-refractivity contribution in [1.29, 1.82) is 0 Å². The van der Waals surface area contributed by atoms with Crippen LogP contribution in [0.3, 0.4) is 0 Å². The molecule has 2 aromatic heterocycles. The average Bonchev–Trinajstić information content (AvgIpc) is 2.83. The SMILES string of the molecule is NNc1ncnc2c1nnn2-c1ccccc1. The number of para-hydroxylation sites is 1. The van der Waals surface area contributed by atoms with Crippen LogP contribution in [0.5, 0.6) is 0 Å². The Balaban J connectivity index is 2.26. The van der Waals surface area contributed by atoms with E-state index < -0.39 is 0 Å². The van der Waals surface area contributed by atoms with E-state index in [1.165, 1.54) is 6.33 Å². The van der Waals surface area contributed by atoms with Gasteiger partial charge in [0.1, 0.15) is 6.33 Å². The lowest BCUT2D eigenvalue weighted by molar-refractivity contribution is 0.817. The Hall–Kier alpha value is -2.54.